The Morgan fingerprint density at radius 1 is 1.35 bits per heavy atom. The van der Waals surface area contributed by atoms with Crippen LogP contribution in [0.4, 0.5) is 13.2 Å². The van der Waals surface area contributed by atoms with E-state index in [2.05, 4.69) is 49.4 Å². The lowest BCUT2D eigenvalue weighted by Crippen LogP contribution is -2.29. The van der Waals surface area contributed by atoms with Crippen LogP contribution in [0.25, 0.3) is 10.9 Å². The van der Waals surface area contributed by atoms with Crippen LogP contribution in [-0.2, 0) is 4.79 Å². The molecule has 126 valence electrons. The SMILES string of the molecule is Brc1ccc2nn(C3CCNCC3)cc2c1.O=C(O)C(F)(F)F. The molecule has 5 nitrogen and oxygen atoms in total. The predicted octanol–water partition coefficient (Wildman–Crippen LogP) is 3.36. The Bertz CT molecular complexity index is 681. The predicted molar refractivity (Wildman–Crippen MR) is 82.3 cm³/mol. The van der Waals surface area contributed by atoms with Gasteiger partial charge in [0.1, 0.15) is 0 Å². The highest BCUT2D eigenvalue weighted by molar-refractivity contribution is 9.10. The lowest BCUT2D eigenvalue weighted by molar-refractivity contribution is -0.192. The summed E-state index contributed by atoms with van der Waals surface area (Å²) in [4.78, 5) is 8.90. The molecule has 1 saturated heterocycles. The molecule has 0 aliphatic carbocycles. The number of carbonyl (C=O) groups is 1. The molecule has 0 saturated carbocycles. The van der Waals surface area contributed by atoms with E-state index < -0.39 is 12.1 Å². The van der Waals surface area contributed by atoms with E-state index in [1.807, 2.05) is 6.07 Å². The van der Waals surface area contributed by atoms with Crippen LogP contribution in [-0.4, -0.2) is 40.1 Å². The van der Waals surface area contributed by atoms with Crippen molar-refractivity contribution < 1.29 is 23.1 Å². The van der Waals surface area contributed by atoms with Gasteiger partial charge in [-0.05, 0) is 44.1 Å². The van der Waals surface area contributed by atoms with Gasteiger partial charge in [0.2, 0.25) is 0 Å². The first-order valence-electron chi connectivity index (χ1n) is 6.92. The van der Waals surface area contributed by atoms with Crippen molar-refractivity contribution in [2.45, 2.75) is 25.1 Å². The Morgan fingerprint density at radius 2 is 1.96 bits per heavy atom. The van der Waals surface area contributed by atoms with Crippen molar-refractivity contribution in [2.75, 3.05) is 13.1 Å². The zero-order valence-corrected chi connectivity index (χ0v) is 13.6. The number of benzene rings is 1. The molecular weight excluding hydrogens is 379 g/mol. The van der Waals surface area contributed by atoms with Gasteiger partial charge < -0.3 is 10.4 Å². The molecule has 23 heavy (non-hydrogen) atoms. The second-order valence-electron chi connectivity index (χ2n) is 5.10. The highest BCUT2D eigenvalue weighted by Gasteiger charge is 2.38. The number of rotatable bonds is 1. The molecule has 0 unspecified atom stereocenters. The number of piperidine rings is 1. The number of hydrogen-bond donors (Lipinski definition) is 2. The van der Waals surface area contributed by atoms with E-state index in [1.165, 1.54) is 18.2 Å². The largest absolute Gasteiger partial charge is 0.490 e. The van der Waals surface area contributed by atoms with E-state index in [4.69, 9.17) is 9.90 Å². The second-order valence-corrected chi connectivity index (χ2v) is 6.01. The fourth-order valence-corrected chi connectivity index (χ4v) is 2.65. The van der Waals surface area contributed by atoms with Crippen LogP contribution in [0.3, 0.4) is 0 Å². The molecule has 3 rings (SSSR count). The standard InChI is InChI=1S/C12H14BrN3.C2HF3O2/c13-10-1-2-12-9(7-10)8-16(15-12)11-3-5-14-6-4-11;3-2(4,5)1(6)7/h1-2,7-8,11,14H,3-6H2;(H,6,7). The second kappa shape index (κ2) is 7.31. The molecule has 0 atom stereocenters. The van der Waals surface area contributed by atoms with Crippen molar-refractivity contribution in [3.8, 4) is 0 Å². The van der Waals surface area contributed by atoms with Crippen LogP contribution in [0.2, 0.25) is 0 Å². The van der Waals surface area contributed by atoms with Crippen molar-refractivity contribution >= 4 is 32.8 Å². The zero-order valence-electron chi connectivity index (χ0n) is 12.0. The molecular formula is C14H15BrF3N3O2. The molecule has 1 aromatic carbocycles. The summed E-state index contributed by atoms with van der Waals surface area (Å²) in [5, 5.41) is 16.4. The highest BCUT2D eigenvalue weighted by atomic mass is 79.9. The number of halogens is 4. The van der Waals surface area contributed by atoms with E-state index in [1.54, 1.807) is 0 Å². The Morgan fingerprint density at radius 3 is 2.52 bits per heavy atom. The molecule has 1 aliphatic rings. The molecule has 2 heterocycles. The molecule has 9 heteroatoms. The summed E-state index contributed by atoms with van der Waals surface area (Å²) in [5.41, 5.74) is 1.08. The van der Waals surface area contributed by atoms with Crippen LogP contribution >= 0.6 is 15.9 Å². The lowest BCUT2D eigenvalue weighted by atomic mass is 10.1. The topological polar surface area (TPSA) is 67.2 Å². The van der Waals surface area contributed by atoms with Crippen molar-refractivity contribution in [3.63, 3.8) is 0 Å². The highest BCUT2D eigenvalue weighted by Crippen LogP contribution is 2.23. The summed E-state index contributed by atoms with van der Waals surface area (Å²) in [5.74, 6) is -2.76. The van der Waals surface area contributed by atoms with Crippen LogP contribution in [0.1, 0.15) is 18.9 Å². The van der Waals surface area contributed by atoms with E-state index in [9.17, 15) is 13.2 Å². The van der Waals surface area contributed by atoms with Gasteiger partial charge in [0, 0.05) is 16.1 Å². The molecule has 0 amide bonds. The van der Waals surface area contributed by atoms with Gasteiger partial charge in [-0.1, -0.05) is 15.9 Å². The summed E-state index contributed by atoms with van der Waals surface area (Å²) in [7, 11) is 0. The van der Waals surface area contributed by atoms with Gasteiger partial charge in [-0.25, -0.2) is 4.79 Å². The molecule has 1 aromatic heterocycles. The Labute approximate surface area is 138 Å². The fourth-order valence-electron chi connectivity index (χ4n) is 2.27. The lowest BCUT2D eigenvalue weighted by Gasteiger charge is -2.22. The zero-order chi connectivity index (χ0) is 17.0. The third-order valence-electron chi connectivity index (χ3n) is 3.41. The number of nitrogens with one attached hydrogen (secondary N) is 1. The fraction of sp³-hybridized carbons (Fsp3) is 0.429. The van der Waals surface area contributed by atoms with Crippen LogP contribution in [0.5, 0.6) is 0 Å². The average molecular weight is 394 g/mol. The van der Waals surface area contributed by atoms with Crippen LogP contribution in [0, 0.1) is 0 Å². The quantitative estimate of drug-likeness (QED) is 0.779. The number of aromatic nitrogens is 2. The number of carboxylic acids is 1. The minimum Gasteiger partial charge on any atom is -0.475 e. The van der Waals surface area contributed by atoms with E-state index in [0.29, 0.717) is 6.04 Å². The molecule has 2 aromatic rings. The van der Waals surface area contributed by atoms with Gasteiger partial charge in [-0.3, -0.25) is 4.68 Å². The maximum absolute atomic E-state index is 10.6. The van der Waals surface area contributed by atoms with Gasteiger partial charge in [0.25, 0.3) is 0 Å². The van der Waals surface area contributed by atoms with Gasteiger partial charge in [0.05, 0.1) is 11.6 Å². The monoisotopic (exact) mass is 393 g/mol. The van der Waals surface area contributed by atoms with E-state index >= 15 is 0 Å². The van der Waals surface area contributed by atoms with Crippen molar-refractivity contribution in [2.24, 2.45) is 0 Å². The van der Waals surface area contributed by atoms with Gasteiger partial charge in [-0.2, -0.15) is 18.3 Å². The smallest absolute Gasteiger partial charge is 0.475 e. The Balaban J connectivity index is 0.000000236. The van der Waals surface area contributed by atoms with Crippen molar-refractivity contribution in [1.29, 1.82) is 0 Å². The molecule has 0 spiro atoms. The summed E-state index contributed by atoms with van der Waals surface area (Å²) < 4.78 is 35.0. The van der Waals surface area contributed by atoms with Crippen LogP contribution < -0.4 is 5.32 Å². The minimum absolute atomic E-state index is 0.562. The van der Waals surface area contributed by atoms with E-state index in [0.717, 1.165) is 23.1 Å². The number of hydrogen-bond acceptors (Lipinski definition) is 3. The number of fused-ring (bicyclic) bond motifs is 1. The Kier molecular flexibility index (Phi) is 5.64. The minimum atomic E-state index is -5.08. The molecule has 0 bridgehead atoms. The number of nitrogens with zero attached hydrogens (tertiary/aromatic N) is 2. The Hall–Kier alpha value is -1.61. The summed E-state index contributed by atoms with van der Waals surface area (Å²) in [6.45, 7) is 2.20. The normalized spacial score (nSPS) is 16.0. The number of carboxylic acid groups (broad SMARTS) is 1. The van der Waals surface area contributed by atoms with Crippen molar-refractivity contribution in [1.82, 2.24) is 15.1 Å². The molecule has 1 aliphatic heterocycles. The van der Waals surface area contributed by atoms with Gasteiger partial charge in [0.15, 0.2) is 0 Å². The molecule has 0 radical (unpaired) electrons. The van der Waals surface area contributed by atoms with Gasteiger partial charge >= 0.3 is 12.1 Å². The first-order chi connectivity index (χ1) is 10.8. The maximum atomic E-state index is 10.6. The average Bonchev–Trinajstić information content (AvgIpc) is 2.91. The summed E-state index contributed by atoms with van der Waals surface area (Å²) in [6, 6.07) is 6.80. The number of alkyl halides is 3. The summed E-state index contributed by atoms with van der Waals surface area (Å²) >= 11 is 3.49. The van der Waals surface area contributed by atoms with Crippen molar-refractivity contribution in [3.05, 3.63) is 28.9 Å². The van der Waals surface area contributed by atoms with E-state index in [-0.39, 0.29) is 0 Å². The molecule has 1 fully saturated rings. The number of aliphatic carboxylic acids is 1. The third-order valence-corrected chi connectivity index (χ3v) is 3.90. The van der Waals surface area contributed by atoms with Crippen LogP contribution in [0.15, 0.2) is 28.9 Å². The first kappa shape index (κ1) is 17.7. The first-order valence-corrected chi connectivity index (χ1v) is 7.72. The maximum Gasteiger partial charge on any atom is 0.490 e. The summed E-state index contributed by atoms with van der Waals surface area (Å²) in [6.07, 6.45) is -0.569. The molecule has 2 N–H and O–H groups in total. The van der Waals surface area contributed by atoms with Gasteiger partial charge in [-0.15, -0.1) is 0 Å². The third kappa shape index (κ3) is 4.93.